The van der Waals surface area contributed by atoms with E-state index in [1.54, 1.807) is 24.3 Å². The van der Waals surface area contributed by atoms with E-state index in [4.69, 9.17) is 20.0 Å². The van der Waals surface area contributed by atoms with Gasteiger partial charge in [-0.2, -0.15) is 9.97 Å². The fourth-order valence-electron chi connectivity index (χ4n) is 3.71. The average molecular weight is 542 g/mol. The number of hydrogen-bond acceptors (Lipinski definition) is 11. The zero-order valence-corrected chi connectivity index (χ0v) is 21.1. The van der Waals surface area contributed by atoms with Crippen molar-refractivity contribution in [2.24, 2.45) is 0 Å². The van der Waals surface area contributed by atoms with E-state index in [0.717, 1.165) is 11.1 Å². The highest BCUT2D eigenvalue weighted by Crippen LogP contribution is 2.19. The van der Waals surface area contributed by atoms with Gasteiger partial charge in [-0.1, -0.05) is 24.3 Å². The molecule has 4 rings (SSSR count). The van der Waals surface area contributed by atoms with E-state index >= 15 is 0 Å². The van der Waals surface area contributed by atoms with Gasteiger partial charge in [0.25, 0.3) is 11.8 Å². The molecule has 2 aromatic heterocycles. The number of fused-ring (bicyclic) bond motifs is 1. The van der Waals surface area contributed by atoms with Crippen molar-refractivity contribution in [1.82, 2.24) is 29.9 Å². The normalized spacial score (nSPS) is 13.2. The van der Waals surface area contributed by atoms with E-state index in [1.807, 2.05) is 0 Å². The van der Waals surface area contributed by atoms with Gasteiger partial charge in [0.1, 0.15) is 12.1 Å². The first-order valence-electron chi connectivity index (χ1n) is 12.0. The number of nitrogens with two attached hydrogens (primary N) is 1. The molecule has 206 valence electrons. The lowest BCUT2D eigenvalue weighted by Crippen LogP contribution is -2.32. The number of hydrogen-bond donors (Lipinski definition) is 3. The van der Waals surface area contributed by atoms with Crippen LogP contribution in [0.2, 0.25) is 0 Å². The molecular weight excluding hydrogens is 514 g/mol. The van der Waals surface area contributed by atoms with Crippen LogP contribution in [0.1, 0.15) is 36.8 Å². The molecule has 0 spiro atoms. The SMILES string of the molecule is COCCOc1nc(N)c2[nH]c(=O)n(Cc3ccc(CNC(=O)CCC(=O)ON4C(=O)CCC4=O)cc3)c2n1. The highest BCUT2D eigenvalue weighted by molar-refractivity contribution is 6.01. The van der Waals surface area contributed by atoms with Gasteiger partial charge in [-0.15, -0.1) is 5.06 Å². The highest BCUT2D eigenvalue weighted by Gasteiger charge is 2.32. The van der Waals surface area contributed by atoms with Gasteiger partial charge in [0.2, 0.25) is 5.91 Å². The van der Waals surface area contributed by atoms with E-state index in [0.29, 0.717) is 22.8 Å². The van der Waals surface area contributed by atoms with E-state index in [2.05, 4.69) is 20.3 Å². The fourth-order valence-corrected chi connectivity index (χ4v) is 3.71. The number of carbonyl (C=O) groups is 4. The molecule has 0 bridgehead atoms. The molecule has 0 atom stereocenters. The van der Waals surface area contributed by atoms with Crippen molar-refractivity contribution >= 4 is 40.7 Å². The first-order chi connectivity index (χ1) is 18.7. The maximum absolute atomic E-state index is 12.6. The summed E-state index contributed by atoms with van der Waals surface area (Å²) >= 11 is 0. The molecule has 3 heterocycles. The molecule has 15 nitrogen and oxygen atoms in total. The largest absolute Gasteiger partial charge is 0.461 e. The molecular formula is C24H27N7O8. The number of nitrogen functional groups attached to an aromatic ring is 1. The van der Waals surface area contributed by atoms with Crippen molar-refractivity contribution < 1.29 is 33.5 Å². The van der Waals surface area contributed by atoms with Crippen molar-refractivity contribution in [1.29, 1.82) is 0 Å². The predicted molar refractivity (Wildman–Crippen MR) is 134 cm³/mol. The van der Waals surface area contributed by atoms with Gasteiger partial charge in [0.05, 0.1) is 19.6 Å². The van der Waals surface area contributed by atoms with Crippen LogP contribution in [-0.2, 0) is 41.8 Å². The molecule has 39 heavy (non-hydrogen) atoms. The molecule has 0 unspecified atom stereocenters. The van der Waals surface area contributed by atoms with Crippen molar-refractivity contribution in [3.8, 4) is 6.01 Å². The molecule has 3 aromatic rings. The Kier molecular flexibility index (Phi) is 8.50. The standard InChI is InChI=1S/C24H27N7O8/c1-37-10-11-38-23-28-21(25)20-22(29-23)30(24(36)27-20)13-15-4-2-14(3-5-15)12-26-16(32)6-9-19(35)39-31-17(33)7-8-18(31)34/h2-5H,6-13H2,1H3,(H,26,32)(H,27,36)(H2,25,28,29). The number of nitrogens with zero attached hydrogens (tertiary/aromatic N) is 4. The van der Waals surface area contributed by atoms with Crippen LogP contribution in [0.15, 0.2) is 29.1 Å². The Morgan fingerprint density at radius 3 is 2.41 bits per heavy atom. The smallest absolute Gasteiger partial charge is 0.333 e. The van der Waals surface area contributed by atoms with Crippen molar-refractivity contribution in [3.63, 3.8) is 0 Å². The molecule has 1 aliphatic rings. The second kappa shape index (κ2) is 12.2. The summed E-state index contributed by atoms with van der Waals surface area (Å²) in [4.78, 5) is 75.2. The van der Waals surface area contributed by atoms with Gasteiger partial charge in [0, 0.05) is 32.9 Å². The van der Waals surface area contributed by atoms with Crippen LogP contribution in [0.25, 0.3) is 11.2 Å². The zero-order chi connectivity index (χ0) is 27.9. The topological polar surface area (TPSA) is 201 Å². The molecule has 1 saturated heterocycles. The summed E-state index contributed by atoms with van der Waals surface area (Å²) in [5, 5.41) is 3.14. The molecule has 1 aromatic carbocycles. The Bertz CT molecular complexity index is 1430. The highest BCUT2D eigenvalue weighted by atomic mass is 16.7. The van der Waals surface area contributed by atoms with E-state index < -0.39 is 29.4 Å². The Labute approximate surface area is 221 Å². The number of H-pyrrole nitrogens is 1. The lowest BCUT2D eigenvalue weighted by Gasteiger charge is -2.12. The molecule has 0 radical (unpaired) electrons. The minimum atomic E-state index is -0.841. The Hall–Kier alpha value is -4.79. The number of rotatable bonds is 12. The van der Waals surface area contributed by atoms with Gasteiger partial charge < -0.3 is 30.3 Å². The fraction of sp³-hybridized carbons (Fsp3) is 0.375. The Balaban J connectivity index is 1.30. The Morgan fingerprint density at radius 1 is 1.03 bits per heavy atom. The second-order valence-electron chi connectivity index (χ2n) is 8.59. The number of methoxy groups -OCH3 is 1. The van der Waals surface area contributed by atoms with E-state index in [1.165, 1.54) is 11.7 Å². The number of nitrogens with one attached hydrogen (secondary N) is 2. The molecule has 15 heteroatoms. The summed E-state index contributed by atoms with van der Waals surface area (Å²) in [6, 6.07) is 7.21. The number of benzene rings is 1. The quantitative estimate of drug-likeness (QED) is 0.202. The Morgan fingerprint density at radius 2 is 1.72 bits per heavy atom. The summed E-state index contributed by atoms with van der Waals surface area (Å²) in [6.45, 7) is 0.961. The number of ether oxygens (including phenoxy) is 2. The number of carbonyl (C=O) groups excluding carboxylic acids is 4. The third-order valence-electron chi connectivity index (χ3n) is 5.76. The lowest BCUT2D eigenvalue weighted by atomic mass is 10.1. The number of imide groups is 1. The second-order valence-corrected chi connectivity index (χ2v) is 8.59. The summed E-state index contributed by atoms with van der Waals surface area (Å²) in [7, 11) is 1.54. The number of anilines is 1. The molecule has 3 amide bonds. The summed E-state index contributed by atoms with van der Waals surface area (Å²) in [6.07, 6.45) is -0.455. The monoisotopic (exact) mass is 541 g/mol. The van der Waals surface area contributed by atoms with Crippen molar-refractivity contribution in [2.75, 3.05) is 26.1 Å². The van der Waals surface area contributed by atoms with Gasteiger partial charge >= 0.3 is 17.7 Å². The first kappa shape index (κ1) is 27.3. The number of hydroxylamine groups is 2. The minimum Gasteiger partial charge on any atom is -0.461 e. The third-order valence-corrected chi connectivity index (χ3v) is 5.76. The van der Waals surface area contributed by atoms with Crippen LogP contribution >= 0.6 is 0 Å². The van der Waals surface area contributed by atoms with Crippen LogP contribution < -0.4 is 21.5 Å². The predicted octanol–water partition coefficient (Wildman–Crippen LogP) is -0.221. The molecule has 0 saturated carbocycles. The first-order valence-corrected chi connectivity index (χ1v) is 12.0. The van der Waals surface area contributed by atoms with Crippen molar-refractivity contribution in [2.45, 2.75) is 38.8 Å². The van der Waals surface area contributed by atoms with Crippen LogP contribution in [0, 0.1) is 0 Å². The van der Waals surface area contributed by atoms with Gasteiger partial charge in [-0.05, 0) is 11.1 Å². The van der Waals surface area contributed by atoms with Gasteiger partial charge in [0.15, 0.2) is 11.5 Å². The maximum atomic E-state index is 12.6. The van der Waals surface area contributed by atoms with E-state index in [-0.39, 0.29) is 57.2 Å². The van der Waals surface area contributed by atoms with Crippen molar-refractivity contribution in [3.05, 3.63) is 45.9 Å². The van der Waals surface area contributed by atoms with Crippen LogP contribution in [0.3, 0.4) is 0 Å². The van der Waals surface area contributed by atoms with Gasteiger partial charge in [-0.3, -0.25) is 19.0 Å². The average Bonchev–Trinajstić information content (AvgIpc) is 3.40. The number of aromatic amines is 1. The minimum absolute atomic E-state index is 0.00187. The van der Waals surface area contributed by atoms with Gasteiger partial charge in [-0.25, -0.2) is 9.59 Å². The zero-order valence-electron chi connectivity index (χ0n) is 21.1. The summed E-state index contributed by atoms with van der Waals surface area (Å²) in [5.74, 6) is -2.32. The number of amides is 3. The summed E-state index contributed by atoms with van der Waals surface area (Å²) < 4.78 is 11.8. The number of imidazole rings is 1. The molecule has 1 aliphatic heterocycles. The van der Waals surface area contributed by atoms with E-state index in [9.17, 15) is 24.0 Å². The van der Waals surface area contributed by atoms with Crippen LogP contribution in [0.4, 0.5) is 5.82 Å². The third kappa shape index (κ3) is 6.75. The maximum Gasteiger partial charge on any atom is 0.333 e. The number of aromatic nitrogens is 4. The molecule has 1 fully saturated rings. The van der Waals surface area contributed by atoms with Crippen LogP contribution in [0.5, 0.6) is 6.01 Å². The molecule has 4 N–H and O–H groups in total. The summed E-state index contributed by atoms with van der Waals surface area (Å²) in [5.41, 5.74) is 7.74. The van der Waals surface area contributed by atoms with Crippen LogP contribution in [-0.4, -0.2) is 68.6 Å². The lowest BCUT2D eigenvalue weighted by molar-refractivity contribution is -0.197. The molecule has 0 aliphatic carbocycles.